The van der Waals surface area contributed by atoms with Gasteiger partial charge in [-0.1, -0.05) is 37.3 Å². The van der Waals surface area contributed by atoms with Crippen LogP contribution in [-0.4, -0.2) is 0 Å². The highest BCUT2D eigenvalue weighted by Gasteiger charge is 2.43. The zero-order valence-corrected chi connectivity index (χ0v) is 7.46. The fraction of sp³-hybridized carbons (Fsp3) is 0.455. The summed E-state index contributed by atoms with van der Waals surface area (Å²) in [5.41, 5.74) is 7.80. The summed E-state index contributed by atoms with van der Waals surface area (Å²) in [6, 6.07) is 10.6. The van der Waals surface area contributed by atoms with E-state index >= 15 is 0 Å². The van der Waals surface area contributed by atoms with Crippen LogP contribution in [0.5, 0.6) is 0 Å². The molecule has 64 valence electrons. The molecular formula is C11H15N. The van der Waals surface area contributed by atoms with Crippen molar-refractivity contribution in [3.05, 3.63) is 35.9 Å². The Morgan fingerprint density at radius 2 is 1.83 bits per heavy atom. The third-order valence-electron chi connectivity index (χ3n) is 2.95. The number of nitrogens with two attached hydrogens (primary N) is 1. The van der Waals surface area contributed by atoms with Gasteiger partial charge in [-0.3, -0.25) is 0 Å². The van der Waals surface area contributed by atoms with Gasteiger partial charge in [-0.05, 0) is 23.8 Å². The fourth-order valence-electron chi connectivity index (χ4n) is 1.57. The molecule has 0 spiro atoms. The van der Waals surface area contributed by atoms with E-state index in [-0.39, 0.29) is 6.04 Å². The van der Waals surface area contributed by atoms with Gasteiger partial charge in [0.2, 0.25) is 0 Å². The molecule has 0 saturated heterocycles. The van der Waals surface area contributed by atoms with Gasteiger partial charge in [-0.2, -0.15) is 0 Å². The average molecular weight is 161 g/mol. The molecule has 0 aliphatic heterocycles. The van der Waals surface area contributed by atoms with E-state index in [9.17, 15) is 0 Å². The Morgan fingerprint density at radius 1 is 1.25 bits per heavy atom. The highest BCUT2D eigenvalue weighted by Crippen LogP contribution is 2.53. The SMILES string of the molecule is CC1([C@H](N)c2ccccc2)CC1. The molecule has 2 N–H and O–H groups in total. The maximum atomic E-state index is 6.13. The second-order valence-corrected chi connectivity index (χ2v) is 4.04. The van der Waals surface area contributed by atoms with Gasteiger partial charge in [0.05, 0.1) is 0 Å². The number of hydrogen-bond donors (Lipinski definition) is 1. The summed E-state index contributed by atoms with van der Waals surface area (Å²) in [7, 11) is 0. The molecule has 0 amide bonds. The van der Waals surface area contributed by atoms with E-state index in [1.165, 1.54) is 18.4 Å². The van der Waals surface area contributed by atoms with Crippen LogP contribution in [0.25, 0.3) is 0 Å². The highest BCUT2D eigenvalue weighted by atomic mass is 14.7. The van der Waals surface area contributed by atoms with Gasteiger partial charge in [0.1, 0.15) is 0 Å². The standard InChI is InChI=1S/C11H15N/c1-11(7-8-11)10(12)9-5-3-2-4-6-9/h2-6,10H,7-8,12H2,1H3/t10-/m1/s1. The third kappa shape index (κ3) is 1.25. The highest BCUT2D eigenvalue weighted by molar-refractivity contribution is 5.22. The molecule has 0 radical (unpaired) electrons. The largest absolute Gasteiger partial charge is 0.323 e. The normalized spacial score (nSPS) is 21.8. The Hall–Kier alpha value is -0.820. The molecule has 12 heavy (non-hydrogen) atoms. The molecule has 0 bridgehead atoms. The van der Waals surface area contributed by atoms with Gasteiger partial charge < -0.3 is 5.73 Å². The van der Waals surface area contributed by atoms with Crippen molar-refractivity contribution < 1.29 is 0 Å². The van der Waals surface area contributed by atoms with Crippen molar-refractivity contribution >= 4 is 0 Å². The van der Waals surface area contributed by atoms with Crippen LogP contribution >= 0.6 is 0 Å². The van der Waals surface area contributed by atoms with Gasteiger partial charge in [0.25, 0.3) is 0 Å². The fourth-order valence-corrected chi connectivity index (χ4v) is 1.57. The predicted octanol–water partition coefficient (Wildman–Crippen LogP) is 2.49. The maximum absolute atomic E-state index is 6.13. The lowest BCUT2D eigenvalue weighted by Crippen LogP contribution is -2.19. The number of hydrogen-bond acceptors (Lipinski definition) is 1. The van der Waals surface area contributed by atoms with Gasteiger partial charge in [0.15, 0.2) is 0 Å². The summed E-state index contributed by atoms with van der Waals surface area (Å²) in [4.78, 5) is 0. The second-order valence-electron chi connectivity index (χ2n) is 4.04. The quantitative estimate of drug-likeness (QED) is 0.708. The summed E-state index contributed by atoms with van der Waals surface area (Å²) < 4.78 is 0. The van der Waals surface area contributed by atoms with E-state index in [4.69, 9.17) is 5.73 Å². The molecular weight excluding hydrogens is 146 g/mol. The Morgan fingerprint density at radius 3 is 2.33 bits per heavy atom. The lowest BCUT2D eigenvalue weighted by Gasteiger charge is -2.18. The van der Waals surface area contributed by atoms with Crippen LogP contribution in [0.4, 0.5) is 0 Å². The zero-order chi connectivity index (χ0) is 8.60. The predicted molar refractivity (Wildman–Crippen MR) is 50.7 cm³/mol. The molecule has 0 unspecified atom stereocenters. The van der Waals surface area contributed by atoms with Crippen molar-refractivity contribution in [2.45, 2.75) is 25.8 Å². The van der Waals surface area contributed by atoms with Crippen LogP contribution in [0.1, 0.15) is 31.4 Å². The van der Waals surface area contributed by atoms with Crippen LogP contribution in [-0.2, 0) is 0 Å². The molecule has 0 aromatic heterocycles. The van der Waals surface area contributed by atoms with Crippen molar-refractivity contribution in [2.75, 3.05) is 0 Å². The van der Waals surface area contributed by atoms with Crippen LogP contribution in [0.15, 0.2) is 30.3 Å². The molecule has 1 aromatic rings. The Kier molecular flexibility index (Phi) is 1.69. The van der Waals surface area contributed by atoms with E-state index in [2.05, 4.69) is 31.2 Å². The summed E-state index contributed by atoms with van der Waals surface area (Å²) in [5.74, 6) is 0. The Balaban J connectivity index is 2.20. The van der Waals surface area contributed by atoms with Crippen LogP contribution in [0.3, 0.4) is 0 Å². The van der Waals surface area contributed by atoms with Gasteiger partial charge in [0, 0.05) is 6.04 Å². The van der Waals surface area contributed by atoms with Crippen molar-refractivity contribution in [2.24, 2.45) is 11.1 Å². The Labute approximate surface area is 73.6 Å². The maximum Gasteiger partial charge on any atom is 0.0349 e. The topological polar surface area (TPSA) is 26.0 Å². The zero-order valence-electron chi connectivity index (χ0n) is 7.46. The first kappa shape index (κ1) is 7.81. The molecule has 1 fully saturated rings. The van der Waals surface area contributed by atoms with E-state index in [1.54, 1.807) is 0 Å². The number of benzene rings is 1. The van der Waals surface area contributed by atoms with Gasteiger partial charge in [-0.25, -0.2) is 0 Å². The average Bonchev–Trinajstić information content (AvgIpc) is 2.85. The molecule has 1 aromatic carbocycles. The first-order valence-electron chi connectivity index (χ1n) is 4.53. The minimum atomic E-state index is 0.235. The van der Waals surface area contributed by atoms with E-state index in [0.717, 1.165) is 0 Å². The van der Waals surface area contributed by atoms with Gasteiger partial charge >= 0.3 is 0 Å². The monoisotopic (exact) mass is 161 g/mol. The van der Waals surface area contributed by atoms with Crippen LogP contribution in [0.2, 0.25) is 0 Å². The smallest absolute Gasteiger partial charge is 0.0349 e. The minimum Gasteiger partial charge on any atom is -0.323 e. The first-order valence-corrected chi connectivity index (χ1v) is 4.53. The van der Waals surface area contributed by atoms with Crippen LogP contribution in [0, 0.1) is 5.41 Å². The lowest BCUT2D eigenvalue weighted by atomic mass is 9.93. The second kappa shape index (κ2) is 2.60. The Bertz CT molecular complexity index is 262. The summed E-state index contributed by atoms with van der Waals surface area (Å²) >= 11 is 0. The first-order chi connectivity index (χ1) is 5.72. The van der Waals surface area contributed by atoms with E-state index < -0.39 is 0 Å². The molecule has 1 nitrogen and oxygen atoms in total. The van der Waals surface area contributed by atoms with Gasteiger partial charge in [-0.15, -0.1) is 0 Å². The van der Waals surface area contributed by atoms with Crippen molar-refractivity contribution in [1.29, 1.82) is 0 Å². The van der Waals surface area contributed by atoms with Crippen molar-refractivity contribution in [3.63, 3.8) is 0 Å². The molecule has 1 aliphatic rings. The molecule has 1 saturated carbocycles. The minimum absolute atomic E-state index is 0.235. The molecule has 2 rings (SSSR count). The molecule has 0 heterocycles. The summed E-state index contributed by atoms with van der Waals surface area (Å²) in [6.07, 6.45) is 2.56. The third-order valence-corrected chi connectivity index (χ3v) is 2.95. The number of rotatable bonds is 2. The molecule has 1 heteroatoms. The molecule has 1 atom stereocenters. The van der Waals surface area contributed by atoms with Crippen molar-refractivity contribution in [1.82, 2.24) is 0 Å². The summed E-state index contributed by atoms with van der Waals surface area (Å²) in [6.45, 7) is 2.27. The summed E-state index contributed by atoms with van der Waals surface area (Å²) in [5, 5.41) is 0. The molecule has 1 aliphatic carbocycles. The van der Waals surface area contributed by atoms with E-state index in [1.807, 2.05) is 6.07 Å². The van der Waals surface area contributed by atoms with Crippen LogP contribution < -0.4 is 5.73 Å². The lowest BCUT2D eigenvalue weighted by molar-refractivity contribution is 0.451. The van der Waals surface area contributed by atoms with E-state index in [0.29, 0.717) is 5.41 Å². The van der Waals surface area contributed by atoms with Crippen molar-refractivity contribution in [3.8, 4) is 0 Å².